The summed E-state index contributed by atoms with van der Waals surface area (Å²) in [5.41, 5.74) is 2.27. The van der Waals surface area contributed by atoms with Crippen LogP contribution in [-0.4, -0.2) is 43.7 Å². The maximum atomic E-state index is 13.1. The fourth-order valence-corrected chi connectivity index (χ4v) is 4.06. The first-order valence-corrected chi connectivity index (χ1v) is 10.2. The number of hydrogen-bond donors (Lipinski definition) is 0. The molecule has 1 amide bonds. The minimum atomic E-state index is -0.862. The molecule has 0 bridgehead atoms. The van der Waals surface area contributed by atoms with E-state index in [2.05, 4.69) is 4.98 Å². The van der Waals surface area contributed by atoms with Gasteiger partial charge < -0.3 is 19.1 Å². The van der Waals surface area contributed by atoms with Gasteiger partial charge in [-0.15, -0.1) is 11.3 Å². The smallest absolute Gasteiger partial charge is 0.348 e. The Bertz CT molecular complexity index is 1060. The Morgan fingerprint density at radius 2 is 1.93 bits per heavy atom. The summed E-state index contributed by atoms with van der Waals surface area (Å²) >= 11 is 1.48. The lowest BCUT2D eigenvalue weighted by molar-refractivity contribution is -0.148. The molecule has 1 atom stereocenters. The predicted octanol–water partition coefficient (Wildman–Crippen LogP) is 3.33. The third-order valence-electron chi connectivity index (χ3n) is 4.76. The van der Waals surface area contributed by atoms with Crippen LogP contribution < -0.4 is 14.4 Å². The predicted molar refractivity (Wildman–Crippen MR) is 113 cm³/mol. The Labute approximate surface area is 177 Å². The highest BCUT2D eigenvalue weighted by molar-refractivity contribution is 7.13. The van der Waals surface area contributed by atoms with E-state index in [1.165, 1.54) is 18.4 Å². The van der Waals surface area contributed by atoms with Crippen molar-refractivity contribution in [1.29, 1.82) is 0 Å². The number of benzene rings is 2. The molecule has 8 heteroatoms. The van der Waals surface area contributed by atoms with Gasteiger partial charge in [-0.05, 0) is 36.4 Å². The summed E-state index contributed by atoms with van der Waals surface area (Å²) in [6.45, 7) is 0.0952. The van der Waals surface area contributed by atoms with Gasteiger partial charge in [-0.1, -0.05) is 12.1 Å². The average Bonchev–Trinajstić information content (AvgIpc) is 3.26. The van der Waals surface area contributed by atoms with E-state index >= 15 is 0 Å². The number of thiazole rings is 1. The zero-order valence-corrected chi connectivity index (χ0v) is 17.3. The molecule has 3 aromatic rings. The Morgan fingerprint density at radius 1 is 1.17 bits per heavy atom. The van der Waals surface area contributed by atoms with E-state index in [0.29, 0.717) is 17.1 Å². The molecule has 1 aliphatic rings. The molecular weight excluding hydrogens is 404 g/mol. The summed E-state index contributed by atoms with van der Waals surface area (Å²) in [7, 11) is 2.92. The minimum absolute atomic E-state index is 0.0952. The molecule has 1 aromatic heterocycles. The van der Waals surface area contributed by atoms with E-state index < -0.39 is 12.1 Å². The van der Waals surface area contributed by atoms with Crippen LogP contribution in [0.1, 0.15) is 5.69 Å². The lowest BCUT2D eigenvalue weighted by atomic mass is 10.1. The highest BCUT2D eigenvalue weighted by atomic mass is 32.1. The largest absolute Gasteiger partial charge is 0.497 e. The second kappa shape index (κ2) is 8.54. The van der Waals surface area contributed by atoms with Crippen LogP contribution in [0.5, 0.6) is 11.5 Å². The van der Waals surface area contributed by atoms with Crippen LogP contribution in [0.3, 0.4) is 0 Å². The Hall–Kier alpha value is -3.39. The molecule has 0 spiro atoms. The molecule has 0 aliphatic carbocycles. The van der Waals surface area contributed by atoms with Gasteiger partial charge in [-0.25, -0.2) is 9.78 Å². The van der Waals surface area contributed by atoms with Crippen LogP contribution in [0.4, 0.5) is 5.69 Å². The number of nitrogens with zero attached hydrogens (tertiary/aromatic N) is 2. The fourth-order valence-electron chi connectivity index (χ4n) is 3.23. The van der Waals surface area contributed by atoms with Crippen LogP contribution in [-0.2, 0) is 20.7 Å². The molecule has 0 radical (unpaired) electrons. The third-order valence-corrected chi connectivity index (χ3v) is 5.70. The number of carbonyl (C=O) groups is 2. The molecule has 4 rings (SSSR count). The van der Waals surface area contributed by atoms with Crippen molar-refractivity contribution in [2.75, 3.05) is 25.7 Å². The normalized spacial score (nSPS) is 15.1. The first kappa shape index (κ1) is 19.9. The van der Waals surface area contributed by atoms with Gasteiger partial charge in [0.05, 0.1) is 38.6 Å². The van der Waals surface area contributed by atoms with E-state index in [-0.39, 0.29) is 18.9 Å². The first-order valence-electron chi connectivity index (χ1n) is 9.31. The first-order chi connectivity index (χ1) is 14.6. The lowest BCUT2D eigenvalue weighted by Crippen LogP contribution is -2.48. The lowest BCUT2D eigenvalue weighted by Gasteiger charge is -2.33. The number of carbonyl (C=O) groups excluding carboxylic acids is 2. The van der Waals surface area contributed by atoms with E-state index in [9.17, 15) is 9.59 Å². The standard InChI is InChI=1S/C22H20N2O5S/c1-27-16-9-7-14(8-10-16)21-23-15(13-30-21)11-20(25)24-12-19(22(26)28-2)29-18-6-4-3-5-17(18)24/h3-10,13,19H,11-12H2,1-2H3/t19-/m1/s1. The van der Waals surface area contributed by atoms with Crippen molar-refractivity contribution in [1.82, 2.24) is 4.98 Å². The molecule has 7 nitrogen and oxygen atoms in total. The van der Waals surface area contributed by atoms with Gasteiger partial charge in [-0.2, -0.15) is 0 Å². The highest BCUT2D eigenvalue weighted by Crippen LogP contribution is 2.34. The Balaban J connectivity index is 1.53. The zero-order chi connectivity index (χ0) is 21.1. The number of amides is 1. The van der Waals surface area contributed by atoms with Gasteiger partial charge in [0.25, 0.3) is 0 Å². The van der Waals surface area contributed by atoms with Crippen LogP contribution in [0.2, 0.25) is 0 Å². The number of hydrogen-bond acceptors (Lipinski definition) is 7. The van der Waals surface area contributed by atoms with Crippen LogP contribution in [0.15, 0.2) is 53.9 Å². The van der Waals surface area contributed by atoms with Gasteiger partial charge in [0.2, 0.25) is 12.0 Å². The Kier molecular flexibility index (Phi) is 5.67. The van der Waals surface area contributed by atoms with Gasteiger partial charge in [-0.3, -0.25) is 4.79 Å². The van der Waals surface area contributed by atoms with E-state index in [1.54, 1.807) is 30.2 Å². The molecule has 0 saturated carbocycles. The van der Waals surface area contributed by atoms with Crippen molar-refractivity contribution in [3.05, 3.63) is 59.6 Å². The molecule has 154 valence electrons. The van der Waals surface area contributed by atoms with Crippen LogP contribution >= 0.6 is 11.3 Å². The number of para-hydroxylation sites is 2. The van der Waals surface area contributed by atoms with Crippen molar-refractivity contribution in [3.8, 4) is 22.1 Å². The second-order valence-electron chi connectivity index (χ2n) is 6.65. The van der Waals surface area contributed by atoms with Gasteiger partial charge in [0, 0.05) is 10.9 Å². The minimum Gasteiger partial charge on any atom is -0.497 e. The van der Waals surface area contributed by atoms with Gasteiger partial charge in [0.15, 0.2) is 0 Å². The number of ether oxygens (including phenoxy) is 3. The zero-order valence-electron chi connectivity index (χ0n) is 16.5. The van der Waals surface area contributed by atoms with Crippen LogP contribution in [0.25, 0.3) is 10.6 Å². The summed E-state index contributed by atoms with van der Waals surface area (Å²) in [5.74, 6) is 0.575. The third kappa shape index (κ3) is 3.99. The van der Waals surface area contributed by atoms with Gasteiger partial charge in [0.1, 0.15) is 16.5 Å². The summed E-state index contributed by atoms with van der Waals surface area (Å²) < 4.78 is 15.7. The maximum Gasteiger partial charge on any atom is 0.348 e. The number of fused-ring (bicyclic) bond motifs is 1. The van der Waals surface area contributed by atoms with E-state index in [4.69, 9.17) is 14.2 Å². The SMILES string of the molecule is COC(=O)[C@H]1CN(C(=O)Cc2csc(-c3ccc(OC)cc3)n2)c2ccccc2O1. The van der Waals surface area contributed by atoms with E-state index in [1.807, 2.05) is 35.7 Å². The number of rotatable bonds is 5. The second-order valence-corrected chi connectivity index (χ2v) is 7.51. The summed E-state index contributed by atoms with van der Waals surface area (Å²) in [6.07, 6.45) is -0.742. The van der Waals surface area contributed by atoms with Crippen molar-refractivity contribution < 1.29 is 23.8 Å². The number of aromatic nitrogens is 1. The Morgan fingerprint density at radius 3 is 2.67 bits per heavy atom. The fraction of sp³-hybridized carbons (Fsp3) is 0.227. The quantitative estimate of drug-likeness (QED) is 0.585. The summed E-state index contributed by atoms with van der Waals surface area (Å²) in [6, 6.07) is 14.8. The van der Waals surface area contributed by atoms with Gasteiger partial charge >= 0.3 is 5.97 Å². The van der Waals surface area contributed by atoms with Crippen molar-refractivity contribution >= 4 is 28.9 Å². The average molecular weight is 424 g/mol. The summed E-state index contributed by atoms with van der Waals surface area (Å²) in [4.78, 5) is 31.3. The topological polar surface area (TPSA) is 78.0 Å². The molecule has 2 heterocycles. The number of esters is 1. The summed E-state index contributed by atoms with van der Waals surface area (Å²) in [5, 5.41) is 2.71. The highest BCUT2D eigenvalue weighted by Gasteiger charge is 2.34. The molecule has 0 N–H and O–H groups in total. The van der Waals surface area contributed by atoms with Crippen LogP contribution in [0, 0.1) is 0 Å². The maximum absolute atomic E-state index is 13.1. The number of methoxy groups -OCH3 is 2. The molecular formula is C22H20N2O5S. The molecule has 0 unspecified atom stereocenters. The van der Waals surface area contributed by atoms with Crippen molar-refractivity contribution in [2.24, 2.45) is 0 Å². The molecule has 0 fully saturated rings. The molecule has 2 aromatic carbocycles. The van der Waals surface area contributed by atoms with Crippen molar-refractivity contribution in [3.63, 3.8) is 0 Å². The van der Waals surface area contributed by atoms with Crippen molar-refractivity contribution in [2.45, 2.75) is 12.5 Å². The number of anilines is 1. The van der Waals surface area contributed by atoms with E-state index in [0.717, 1.165) is 16.3 Å². The molecule has 0 saturated heterocycles. The monoisotopic (exact) mass is 424 g/mol. The molecule has 1 aliphatic heterocycles. The molecule has 30 heavy (non-hydrogen) atoms.